The molecule has 1 aromatic heterocycles. The zero-order chi connectivity index (χ0) is 25.8. The molecule has 6 aromatic carbocycles. The fourth-order valence-electron chi connectivity index (χ4n) is 6.83. The highest BCUT2D eigenvalue weighted by molar-refractivity contribution is 6.25. The van der Waals surface area contributed by atoms with E-state index in [0.717, 1.165) is 24.3 Å². The molecule has 1 saturated heterocycles. The minimum absolute atomic E-state index is 0.463. The van der Waals surface area contributed by atoms with Crippen molar-refractivity contribution < 1.29 is 4.42 Å². The van der Waals surface area contributed by atoms with Crippen molar-refractivity contribution in [2.75, 3.05) is 13.1 Å². The summed E-state index contributed by atoms with van der Waals surface area (Å²) in [6.45, 7) is 2.10. The largest absolute Gasteiger partial charge is 0.456 e. The number of rotatable bonds is 3. The number of hydrogen-bond donors (Lipinski definition) is 1. The van der Waals surface area contributed by atoms with E-state index in [1.165, 1.54) is 73.0 Å². The third-order valence-electron chi connectivity index (χ3n) is 8.56. The standard InChI is InChI=1S/C37H29NO/c1-2-11-24(12-3-1)34-27-14-4-6-16-29(27)35(30-17-7-5-15-28(30)34)32-21-20-26(25-13-10-22-38-23-25)37-36(32)31-18-8-9-19-33(31)39-37/h1-9,11-12,14-21,25,38H,10,13,22-23H2. The van der Waals surface area contributed by atoms with Crippen LogP contribution in [0.4, 0.5) is 0 Å². The van der Waals surface area contributed by atoms with Crippen molar-refractivity contribution in [1.82, 2.24) is 5.32 Å². The van der Waals surface area contributed by atoms with Crippen molar-refractivity contribution in [3.63, 3.8) is 0 Å². The maximum Gasteiger partial charge on any atom is 0.139 e. The first-order valence-electron chi connectivity index (χ1n) is 14.0. The summed E-state index contributed by atoms with van der Waals surface area (Å²) in [5.74, 6) is 0.463. The smallest absolute Gasteiger partial charge is 0.139 e. The second kappa shape index (κ2) is 9.11. The zero-order valence-corrected chi connectivity index (χ0v) is 21.8. The topological polar surface area (TPSA) is 25.2 Å². The van der Waals surface area contributed by atoms with E-state index in [1.807, 2.05) is 0 Å². The lowest BCUT2D eigenvalue weighted by atomic mass is 9.83. The van der Waals surface area contributed by atoms with Gasteiger partial charge in [0.05, 0.1) is 0 Å². The van der Waals surface area contributed by atoms with Crippen LogP contribution in [0.25, 0.3) is 65.7 Å². The van der Waals surface area contributed by atoms with Crippen molar-refractivity contribution in [3.05, 3.63) is 121 Å². The molecule has 2 nitrogen and oxygen atoms in total. The van der Waals surface area contributed by atoms with Crippen molar-refractivity contribution in [2.24, 2.45) is 0 Å². The Morgan fingerprint density at radius 2 is 1.21 bits per heavy atom. The first kappa shape index (κ1) is 22.6. The highest BCUT2D eigenvalue weighted by Crippen LogP contribution is 2.48. The third-order valence-corrected chi connectivity index (χ3v) is 8.56. The molecule has 2 heterocycles. The summed E-state index contributed by atoms with van der Waals surface area (Å²) in [7, 11) is 0. The quantitative estimate of drug-likeness (QED) is 0.243. The van der Waals surface area contributed by atoms with Crippen LogP contribution in [0.2, 0.25) is 0 Å². The number of furan rings is 1. The SMILES string of the molecule is c1ccc(-c2c3ccccc3c(-c3ccc(C4CCCNC4)c4oc5ccccc5c34)c3ccccc23)cc1. The van der Waals surface area contributed by atoms with Crippen LogP contribution in [0.1, 0.15) is 24.3 Å². The molecule has 39 heavy (non-hydrogen) atoms. The Labute approximate surface area is 227 Å². The van der Waals surface area contributed by atoms with Gasteiger partial charge < -0.3 is 9.73 Å². The van der Waals surface area contributed by atoms with Crippen LogP contribution in [0.5, 0.6) is 0 Å². The first-order valence-corrected chi connectivity index (χ1v) is 14.0. The van der Waals surface area contributed by atoms with Crippen LogP contribution in [0, 0.1) is 0 Å². The van der Waals surface area contributed by atoms with Gasteiger partial charge in [-0.05, 0) is 74.8 Å². The van der Waals surface area contributed by atoms with E-state index in [1.54, 1.807) is 0 Å². The molecule has 188 valence electrons. The Balaban J connectivity index is 1.52. The maximum atomic E-state index is 6.69. The molecule has 0 saturated carbocycles. The molecule has 1 N–H and O–H groups in total. The van der Waals surface area contributed by atoms with Crippen molar-refractivity contribution in [2.45, 2.75) is 18.8 Å². The van der Waals surface area contributed by atoms with E-state index in [2.05, 4.69) is 121 Å². The molecule has 0 radical (unpaired) electrons. The number of nitrogens with one attached hydrogen (secondary N) is 1. The molecule has 0 amide bonds. The van der Waals surface area contributed by atoms with E-state index < -0.39 is 0 Å². The number of hydrogen-bond acceptors (Lipinski definition) is 2. The average Bonchev–Trinajstić information content (AvgIpc) is 3.40. The lowest BCUT2D eigenvalue weighted by Gasteiger charge is -2.24. The van der Waals surface area contributed by atoms with Gasteiger partial charge in [0, 0.05) is 23.2 Å². The molecule has 1 fully saturated rings. The molecule has 0 spiro atoms. The predicted molar refractivity (Wildman–Crippen MR) is 164 cm³/mol. The molecule has 1 aliphatic rings. The molecular formula is C37H29NO. The van der Waals surface area contributed by atoms with E-state index >= 15 is 0 Å². The summed E-state index contributed by atoms with van der Waals surface area (Å²) >= 11 is 0. The van der Waals surface area contributed by atoms with Crippen LogP contribution in [-0.4, -0.2) is 13.1 Å². The summed E-state index contributed by atoms with van der Waals surface area (Å²) in [4.78, 5) is 0. The molecule has 0 bridgehead atoms. The highest BCUT2D eigenvalue weighted by atomic mass is 16.3. The third kappa shape index (κ3) is 3.52. The second-order valence-corrected chi connectivity index (χ2v) is 10.8. The maximum absolute atomic E-state index is 6.69. The Morgan fingerprint density at radius 1 is 0.590 bits per heavy atom. The molecule has 0 aliphatic carbocycles. The first-order chi connectivity index (χ1) is 19.4. The van der Waals surface area contributed by atoms with Gasteiger partial charge >= 0.3 is 0 Å². The van der Waals surface area contributed by atoms with Crippen molar-refractivity contribution in [3.8, 4) is 22.3 Å². The van der Waals surface area contributed by atoms with Crippen LogP contribution < -0.4 is 5.32 Å². The Kier molecular flexibility index (Phi) is 5.27. The molecule has 2 heteroatoms. The van der Waals surface area contributed by atoms with Gasteiger partial charge in [-0.25, -0.2) is 0 Å². The fourth-order valence-corrected chi connectivity index (χ4v) is 6.83. The molecular weight excluding hydrogens is 474 g/mol. The summed E-state index contributed by atoms with van der Waals surface area (Å²) in [6.07, 6.45) is 2.39. The van der Waals surface area contributed by atoms with Crippen molar-refractivity contribution in [1.29, 1.82) is 0 Å². The van der Waals surface area contributed by atoms with Gasteiger partial charge in [-0.15, -0.1) is 0 Å². The van der Waals surface area contributed by atoms with Gasteiger partial charge in [0.25, 0.3) is 0 Å². The average molecular weight is 504 g/mol. The summed E-state index contributed by atoms with van der Waals surface area (Å²) in [5.41, 5.74) is 8.40. The minimum atomic E-state index is 0.463. The second-order valence-electron chi connectivity index (χ2n) is 10.8. The van der Waals surface area contributed by atoms with E-state index in [9.17, 15) is 0 Å². The summed E-state index contributed by atoms with van der Waals surface area (Å²) in [5, 5.41) is 11.1. The van der Waals surface area contributed by atoms with E-state index in [0.29, 0.717) is 5.92 Å². The van der Waals surface area contributed by atoms with Gasteiger partial charge in [0.1, 0.15) is 11.2 Å². The molecule has 1 unspecified atom stereocenters. The highest BCUT2D eigenvalue weighted by Gasteiger charge is 2.25. The van der Waals surface area contributed by atoms with Crippen LogP contribution in [-0.2, 0) is 0 Å². The number of benzene rings is 6. The molecule has 7 aromatic rings. The number of para-hydroxylation sites is 1. The van der Waals surface area contributed by atoms with Crippen molar-refractivity contribution >= 4 is 43.5 Å². The van der Waals surface area contributed by atoms with Gasteiger partial charge in [-0.2, -0.15) is 0 Å². The molecule has 8 rings (SSSR count). The lowest BCUT2D eigenvalue weighted by Crippen LogP contribution is -2.28. The molecule has 1 aliphatic heterocycles. The van der Waals surface area contributed by atoms with Crippen LogP contribution in [0.15, 0.2) is 120 Å². The zero-order valence-electron chi connectivity index (χ0n) is 21.8. The number of piperidine rings is 1. The normalized spacial score (nSPS) is 15.9. The Hall–Kier alpha value is -4.40. The van der Waals surface area contributed by atoms with Gasteiger partial charge in [0.2, 0.25) is 0 Å². The predicted octanol–water partition coefficient (Wildman–Crippen LogP) is 9.69. The Bertz CT molecular complexity index is 1940. The van der Waals surface area contributed by atoms with Crippen LogP contribution >= 0.6 is 0 Å². The Morgan fingerprint density at radius 3 is 1.87 bits per heavy atom. The fraction of sp³-hybridized carbons (Fsp3) is 0.135. The summed E-state index contributed by atoms with van der Waals surface area (Å²) in [6, 6.07) is 41.8. The van der Waals surface area contributed by atoms with Gasteiger partial charge in [-0.3, -0.25) is 0 Å². The monoisotopic (exact) mass is 503 g/mol. The van der Waals surface area contributed by atoms with Gasteiger partial charge in [0.15, 0.2) is 0 Å². The van der Waals surface area contributed by atoms with E-state index in [4.69, 9.17) is 4.42 Å². The van der Waals surface area contributed by atoms with Gasteiger partial charge in [-0.1, -0.05) is 109 Å². The van der Waals surface area contributed by atoms with E-state index in [-0.39, 0.29) is 0 Å². The lowest BCUT2D eigenvalue weighted by molar-refractivity contribution is 0.460. The molecule has 1 atom stereocenters. The van der Waals surface area contributed by atoms with Crippen LogP contribution in [0.3, 0.4) is 0 Å². The summed E-state index contributed by atoms with van der Waals surface area (Å²) < 4.78 is 6.69. The minimum Gasteiger partial charge on any atom is -0.456 e. The number of fused-ring (bicyclic) bond motifs is 5.